The Labute approximate surface area is 161 Å². The Morgan fingerprint density at radius 1 is 1.19 bits per heavy atom. The topological polar surface area (TPSA) is 78.7 Å². The minimum absolute atomic E-state index is 0.0289. The zero-order chi connectivity index (χ0) is 19.8. The highest BCUT2D eigenvalue weighted by molar-refractivity contribution is 7.89. The van der Waals surface area contributed by atoms with Crippen LogP contribution in [0.15, 0.2) is 30.3 Å². The van der Waals surface area contributed by atoms with Gasteiger partial charge in [0.15, 0.2) is 0 Å². The monoisotopic (exact) mass is 392 g/mol. The lowest BCUT2D eigenvalue weighted by molar-refractivity contribution is 0.148. The molecular weight excluding hydrogens is 364 g/mol. The van der Waals surface area contributed by atoms with E-state index in [1.807, 2.05) is 48.9 Å². The Kier molecular flexibility index (Phi) is 5.71. The number of β-amino-alcohol motifs (C(OH)–C–C–N with tert-alkyl or cyclic N) is 1. The summed E-state index contributed by atoms with van der Waals surface area (Å²) < 4.78 is 27.5. The van der Waals surface area contributed by atoms with E-state index in [-0.39, 0.29) is 11.7 Å². The second-order valence-electron chi connectivity index (χ2n) is 7.48. The number of hydrogen-bond donors (Lipinski definition) is 1. The molecule has 1 aliphatic rings. The maximum absolute atomic E-state index is 12.1. The maximum atomic E-state index is 12.1. The van der Waals surface area contributed by atoms with Crippen LogP contribution in [0.4, 0.5) is 0 Å². The first kappa shape index (κ1) is 20.0. The normalized spacial score (nSPS) is 21.3. The van der Waals surface area contributed by atoms with E-state index in [1.54, 1.807) is 0 Å². The first-order valence-corrected chi connectivity index (χ1v) is 10.7. The average Bonchev–Trinajstić information content (AvgIpc) is 3.09. The van der Waals surface area contributed by atoms with Crippen molar-refractivity contribution in [3.05, 3.63) is 47.3 Å². The molecular formula is C19H28N4O3S. The molecule has 0 spiro atoms. The molecule has 1 N–H and O–H groups in total. The van der Waals surface area contributed by atoms with Crippen LogP contribution in [-0.4, -0.2) is 71.6 Å². The highest BCUT2D eigenvalue weighted by Crippen LogP contribution is 2.25. The molecule has 2 unspecified atom stereocenters. The molecule has 27 heavy (non-hydrogen) atoms. The summed E-state index contributed by atoms with van der Waals surface area (Å²) in [5.41, 5.74) is 4.16. The Bertz CT molecular complexity index is 893. The number of benzene rings is 1. The highest BCUT2D eigenvalue weighted by atomic mass is 32.2. The zero-order valence-electron chi connectivity index (χ0n) is 16.3. The van der Waals surface area contributed by atoms with Gasteiger partial charge in [-0.15, -0.1) is 0 Å². The third-order valence-electron chi connectivity index (χ3n) is 5.29. The van der Waals surface area contributed by atoms with Crippen molar-refractivity contribution in [2.75, 3.05) is 32.9 Å². The van der Waals surface area contributed by atoms with Gasteiger partial charge in [0.05, 0.1) is 23.2 Å². The molecule has 2 aromatic rings. The second-order valence-corrected chi connectivity index (χ2v) is 9.71. The molecule has 0 saturated carbocycles. The van der Waals surface area contributed by atoms with Gasteiger partial charge in [-0.3, -0.25) is 4.90 Å². The molecule has 1 aromatic heterocycles. The third-order valence-corrected chi connectivity index (χ3v) is 7.25. The van der Waals surface area contributed by atoms with Crippen molar-refractivity contribution in [2.45, 2.75) is 26.5 Å². The van der Waals surface area contributed by atoms with E-state index in [1.165, 1.54) is 18.4 Å². The summed E-state index contributed by atoms with van der Waals surface area (Å²) in [6.45, 7) is 5.72. The lowest BCUT2D eigenvalue weighted by atomic mass is 10.1. The van der Waals surface area contributed by atoms with Crippen molar-refractivity contribution in [2.24, 2.45) is 5.92 Å². The summed E-state index contributed by atoms with van der Waals surface area (Å²) in [5.74, 6) is -0.305. The maximum Gasteiger partial charge on any atom is 0.214 e. The Morgan fingerprint density at radius 2 is 1.85 bits per heavy atom. The van der Waals surface area contributed by atoms with Gasteiger partial charge in [0.2, 0.25) is 10.0 Å². The standard InChI is InChI=1S/C19H28N4O3S/c1-14-18(15(2)23(20-14)17-8-6-5-7-9-17)11-22-10-16(19(24)12-22)13-27(25,26)21(3)4/h5-9,16,19,24H,10-13H2,1-4H3. The van der Waals surface area contributed by atoms with Crippen LogP contribution in [0.25, 0.3) is 5.69 Å². The van der Waals surface area contributed by atoms with Crippen molar-refractivity contribution < 1.29 is 13.5 Å². The first-order chi connectivity index (χ1) is 12.7. The largest absolute Gasteiger partial charge is 0.391 e. The molecule has 3 rings (SSSR count). The summed E-state index contributed by atoms with van der Waals surface area (Å²) in [6.07, 6.45) is -0.635. The second kappa shape index (κ2) is 7.71. The molecule has 1 saturated heterocycles. The Morgan fingerprint density at radius 3 is 2.48 bits per heavy atom. The molecule has 0 amide bonds. The number of para-hydroxylation sites is 1. The van der Waals surface area contributed by atoms with Crippen molar-refractivity contribution in [3.8, 4) is 5.69 Å². The van der Waals surface area contributed by atoms with Crippen LogP contribution in [0.1, 0.15) is 17.0 Å². The van der Waals surface area contributed by atoms with E-state index in [4.69, 9.17) is 0 Å². The van der Waals surface area contributed by atoms with Gasteiger partial charge in [-0.25, -0.2) is 17.4 Å². The van der Waals surface area contributed by atoms with Crippen LogP contribution in [0.5, 0.6) is 0 Å². The minimum atomic E-state index is -3.33. The molecule has 0 radical (unpaired) electrons. The van der Waals surface area contributed by atoms with Gasteiger partial charge in [0.25, 0.3) is 0 Å². The number of aryl methyl sites for hydroxylation is 1. The van der Waals surface area contributed by atoms with E-state index in [2.05, 4.69) is 10.00 Å². The van der Waals surface area contributed by atoms with Gasteiger partial charge in [0, 0.05) is 50.9 Å². The minimum Gasteiger partial charge on any atom is -0.391 e. The predicted octanol–water partition coefficient (Wildman–Crippen LogP) is 1.17. The van der Waals surface area contributed by atoms with Crippen molar-refractivity contribution in [1.29, 1.82) is 0 Å². The molecule has 2 heterocycles. The van der Waals surface area contributed by atoms with E-state index >= 15 is 0 Å². The van der Waals surface area contributed by atoms with Crippen LogP contribution >= 0.6 is 0 Å². The molecule has 1 fully saturated rings. The SMILES string of the molecule is Cc1nn(-c2ccccc2)c(C)c1CN1CC(O)C(CS(=O)(=O)N(C)C)C1. The molecule has 2 atom stereocenters. The number of aliphatic hydroxyl groups excluding tert-OH is 1. The van der Waals surface area contributed by atoms with Crippen LogP contribution in [0.3, 0.4) is 0 Å². The number of aromatic nitrogens is 2. The summed E-state index contributed by atoms with van der Waals surface area (Å²) in [6, 6.07) is 9.98. The van der Waals surface area contributed by atoms with Crippen LogP contribution in [0, 0.1) is 19.8 Å². The summed E-state index contributed by atoms with van der Waals surface area (Å²) in [4.78, 5) is 2.12. The number of likely N-dealkylation sites (tertiary alicyclic amines) is 1. The average molecular weight is 393 g/mol. The Balaban J connectivity index is 1.74. The van der Waals surface area contributed by atoms with Crippen LogP contribution in [-0.2, 0) is 16.6 Å². The molecule has 148 valence electrons. The molecule has 1 aliphatic heterocycles. The van der Waals surface area contributed by atoms with E-state index in [0.717, 1.165) is 22.6 Å². The van der Waals surface area contributed by atoms with E-state index in [9.17, 15) is 13.5 Å². The lowest BCUT2D eigenvalue weighted by Gasteiger charge is -2.18. The molecule has 0 aliphatic carbocycles. The number of aliphatic hydroxyl groups is 1. The number of rotatable bonds is 6. The van der Waals surface area contributed by atoms with Gasteiger partial charge in [-0.2, -0.15) is 5.10 Å². The number of sulfonamides is 1. The summed E-state index contributed by atoms with van der Waals surface area (Å²) >= 11 is 0. The molecule has 8 heteroatoms. The van der Waals surface area contributed by atoms with Crippen molar-refractivity contribution in [1.82, 2.24) is 19.0 Å². The van der Waals surface area contributed by atoms with Gasteiger partial charge in [0.1, 0.15) is 0 Å². The van der Waals surface area contributed by atoms with Crippen LogP contribution < -0.4 is 0 Å². The Hall–Kier alpha value is -1.74. The number of nitrogens with zero attached hydrogens (tertiary/aromatic N) is 4. The number of hydrogen-bond acceptors (Lipinski definition) is 5. The van der Waals surface area contributed by atoms with Gasteiger partial charge < -0.3 is 5.11 Å². The lowest BCUT2D eigenvalue weighted by Crippen LogP contribution is -2.33. The summed E-state index contributed by atoms with van der Waals surface area (Å²) in [7, 11) is -0.275. The van der Waals surface area contributed by atoms with Crippen LogP contribution in [0.2, 0.25) is 0 Å². The predicted molar refractivity (Wildman–Crippen MR) is 105 cm³/mol. The van der Waals surface area contributed by atoms with E-state index < -0.39 is 16.1 Å². The van der Waals surface area contributed by atoms with Crippen molar-refractivity contribution in [3.63, 3.8) is 0 Å². The zero-order valence-corrected chi connectivity index (χ0v) is 17.1. The fourth-order valence-corrected chi connectivity index (χ4v) is 4.77. The fraction of sp³-hybridized carbons (Fsp3) is 0.526. The fourth-order valence-electron chi connectivity index (χ4n) is 3.60. The summed E-state index contributed by atoms with van der Waals surface area (Å²) in [5, 5.41) is 15.0. The molecule has 7 nitrogen and oxygen atoms in total. The van der Waals surface area contributed by atoms with E-state index in [0.29, 0.717) is 19.6 Å². The van der Waals surface area contributed by atoms with Gasteiger partial charge in [-0.1, -0.05) is 18.2 Å². The van der Waals surface area contributed by atoms with Crippen molar-refractivity contribution >= 4 is 10.0 Å². The smallest absolute Gasteiger partial charge is 0.214 e. The molecule has 1 aromatic carbocycles. The van der Waals surface area contributed by atoms with Gasteiger partial charge >= 0.3 is 0 Å². The van der Waals surface area contributed by atoms with Gasteiger partial charge in [-0.05, 0) is 26.0 Å². The quantitative estimate of drug-likeness (QED) is 0.799. The third kappa shape index (κ3) is 4.24. The first-order valence-electron chi connectivity index (χ1n) is 9.10. The highest BCUT2D eigenvalue weighted by Gasteiger charge is 2.35. The molecule has 0 bridgehead atoms.